The molecule has 2 heteroatoms. The van der Waals surface area contributed by atoms with E-state index in [9.17, 15) is 0 Å². The molecule has 0 aliphatic heterocycles. The normalized spacial score (nSPS) is 13.4. The van der Waals surface area contributed by atoms with Gasteiger partial charge in [-0.25, -0.2) is 0 Å². The molecule has 0 unspecified atom stereocenters. The summed E-state index contributed by atoms with van der Waals surface area (Å²) in [6.45, 7) is 2.00. The second-order valence-electron chi connectivity index (χ2n) is 5.35. The molecule has 3 rings (SSSR count). The van der Waals surface area contributed by atoms with Crippen LogP contribution in [0.15, 0.2) is 36.4 Å². The van der Waals surface area contributed by atoms with E-state index in [1.807, 2.05) is 31.2 Å². The fraction of sp³-hybridized carbons (Fsp3) is 0.278. The Morgan fingerprint density at radius 1 is 1.00 bits per heavy atom. The summed E-state index contributed by atoms with van der Waals surface area (Å²) in [6.07, 6.45) is 4.84. The predicted molar refractivity (Wildman–Crippen MR) is 79.1 cm³/mol. The van der Waals surface area contributed by atoms with Crippen molar-refractivity contribution in [2.45, 2.75) is 32.6 Å². The summed E-state index contributed by atoms with van der Waals surface area (Å²) in [7, 11) is 0. The first-order valence-corrected chi connectivity index (χ1v) is 7.07. The van der Waals surface area contributed by atoms with Crippen molar-refractivity contribution in [2.75, 3.05) is 0 Å². The number of hydrogen-bond donors (Lipinski definition) is 0. The van der Waals surface area contributed by atoms with E-state index in [1.54, 1.807) is 0 Å². The Hall–Kier alpha value is -2.27. The highest BCUT2D eigenvalue weighted by Crippen LogP contribution is 2.30. The monoisotopic (exact) mass is 263 g/mol. The first kappa shape index (κ1) is 12.7. The minimum atomic E-state index is 0.577. The maximum Gasteiger partial charge on any atom is 0.145 e. The fourth-order valence-electron chi connectivity index (χ4n) is 2.71. The second kappa shape index (κ2) is 5.38. The summed E-state index contributed by atoms with van der Waals surface area (Å²) in [5.74, 6) is 1.47. The largest absolute Gasteiger partial charge is 0.456 e. The van der Waals surface area contributed by atoms with Crippen LogP contribution in [0.1, 0.15) is 35.1 Å². The number of ether oxygens (including phenoxy) is 1. The van der Waals surface area contributed by atoms with Crippen LogP contribution in [0.4, 0.5) is 0 Å². The molecule has 0 saturated carbocycles. The minimum Gasteiger partial charge on any atom is -0.456 e. The van der Waals surface area contributed by atoms with Crippen LogP contribution >= 0.6 is 0 Å². The van der Waals surface area contributed by atoms with E-state index >= 15 is 0 Å². The van der Waals surface area contributed by atoms with Gasteiger partial charge in [0.15, 0.2) is 0 Å². The van der Waals surface area contributed by atoms with E-state index in [0.717, 1.165) is 17.7 Å². The average Bonchev–Trinajstić information content (AvgIpc) is 2.47. The summed E-state index contributed by atoms with van der Waals surface area (Å²) in [6, 6.07) is 14.1. The van der Waals surface area contributed by atoms with E-state index in [1.165, 1.54) is 30.4 Å². The van der Waals surface area contributed by atoms with Crippen LogP contribution in [0.2, 0.25) is 0 Å². The zero-order valence-corrected chi connectivity index (χ0v) is 11.6. The Balaban J connectivity index is 1.92. The van der Waals surface area contributed by atoms with Crippen molar-refractivity contribution in [3.05, 3.63) is 58.7 Å². The number of nitriles is 1. The third-order valence-corrected chi connectivity index (χ3v) is 3.81. The molecule has 20 heavy (non-hydrogen) atoms. The maximum absolute atomic E-state index is 9.15. The Bertz CT molecular complexity index is 682. The van der Waals surface area contributed by atoms with Crippen LogP contribution < -0.4 is 4.74 Å². The van der Waals surface area contributed by atoms with E-state index in [4.69, 9.17) is 10.00 Å². The molecule has 0 bridgehead atoms. The highest BCUT2D eigenvalue weighted by molar-refractivity contribution is 5.48. The van der Waals surface area contributed by atoms with Gasteiger partial charge in [0.25, 0.3) is 0 Å². The lowest BCUT2D eigenvalue weighted by Gasteiger charge is -2.17. The quantitative estimate of drug-likeness (QED) is 0.797. The molecule has 2 aromatic carbocycles. The summed E-state index contributed by atoms with van der Waals surface area (Å²) in [5, 5.41) is 9.15. The molecule has 0 saturated heterocycles. The van der Waals surface area contributed by atoms with Crippen LogP contribution in [0.25, 0.3) is 0 Å². The molecule has 0 aromatic heterocycles. The topological polar surface area (TPSA) is 33.0 Å². The summed E-state index contributed by atoms with van der Waals surface area (Å²) in [5.41, 5.74) is 4.50. The molecule has 0 spiro atoms. The van der Waals surface area contributed by atoms with Gasteiger partial charge >= 0.3 is 0 Å². The van der Waals surface area contributed by atoms with Gasteiger partial charge in [0.05, 0.1) is 5.56 Å². The molecule has 0 N–H and O–H groups in total. The molecule has 0 atom stereocenters. The van der Waals surface area contributed by atoms with Crippen LogP contribution in [0, 0.1) is 18.3 Å². The van der Waals surface area contributed by atoms with Gasteiger partial charge in [-0.2, -0.15) is 5.26 Å². The molecule has 1 aliphatic rings. The van der Waals surface area contributed by atoms with Crippen LogP contribution in [0.5, 0.6) is 11.5 Å². The van der Waals surface area contributed by atoms with Gasteiger partial charge in [-0.05, 0) is 73.6 Å². The third-order valence-electron chi connectivity index (χ3n) is 3.81. The molecule has 2 nitrogen and oxygen atoms in total. The van der Waals surface area contributed by atoms with Crippen molar-refractivity contribution in [2.24, 2.45) is 0 Å². The first-order valence-electron chi connectivity index (χ1n) is 7.07. The number of benzene rings is 2. The van der Waals surface area contributed by atoms with Gasteiger partial charge in [-0.15, -0.1) is 0 Å². The molecule has 0 amide bonds. The average molecular weight is 263 g/mol. The smallest absolute Gasteiger partial charge is 0.145 e. The van der Waals surface area contributed by atoms with E-state index in [2.05, 4.69) is 18.2 Å². The van der Waals surface area contributed by atoms with E-state index in [0.29, 0.717) is 11.3 Å². The van der Waals surface area contributed by atoms with Crippen molar-refractivity contribution >= 4 is 0 Å². The first-order chi connectivity index (χ1) is 9.76. The lowest BCUT2D eigenvalue weighted by Crippen LogP contribution is -2.02. The maximum atomic E-state index is 9.15. The zero-order chi connectivity index (χ0) is 13.9. The summed E-state index contributed by atoms with van der Waals surface area (Å²) < 4.78 is 5.92. The summed E-state index contributed by atoms with van der Waals surface area (Å²) >= 11 is 0. The molecule has 0 heterocycles. The number of hydrogen-bond acceptors (Lipinski definition) is 2. The van der Waals surface area contributed by atoms with Gasteiger partial charge in [-0.3, -0.25) is 0 Å². The van der Waals surface area contributed by atoms with Crippen LogP contribution in [-0.2, 0) is 12.8 Å². The highest BCUT2D eigenvalue weighted by Gasteiger charge is 2.11. The molecular formula is C18H17NO. The van der Waals surface area contributed by atoms with Crippen molar-refractivity contribution < 1.29 is 4.74 Å². The lowest BCUT2D eigenvalue weighted by molar-refractivity contribution is 0.479. The van der Waals surface area contributed by atoms with Crippen LogP contribution in [-0.4, -0.2) is 0 Å². The van der Waals surface area contributed by atoms with Crippen molar-refractivity contribution in [3.63, 3.8) is 0 Å². The molecule has 2 aromatic rings. The Morgan fingerprint density at radius 2 is 1.80 bits per heavy atom. The predicted octanol–water partition coefficient (Wildman–Crippen LogP) is 4.54. The van der Waals surface area contributed by atoms with E-state index < -0.39 is 0 Å². The summed E-state index contributed by atoms with van der Waals surface area (Å²) in [4.78, 5) is 0. The van der Waals surface area contributed by atoms with Crippen molar-refractivity contribution in [3.8, 4) is 17.6 Å². The number of aryl methyl sites for hydroxylation is 3. The van der Waals surface area contributed by atoms with Gasteiger partial charge in [0.2, 0.25) is 0 Å². The molecular weight excluding hydrogens is 246 g/mol. The van der Waals surface area contributed by atoms with Gasteiger partial charge in [-0.1, -0.05) is 12.1 Å². The third kappa shape index (κ3) is 2.53. The molecule has 0 fully saturated rings. The Kier molecular flexibility index (Phi) is 3.43. The molecule has 0 radical (unpaired) electrons. The highest BCUT2D eigenvalue weighted by atomic mass is 16.5. The minimum absolute atomic E-state index is 0.577. The van der Waals surface area contributed by atoms with Crippen molar-refractivity contribution in [1.29, 1.82) is 5.26 Å². The van der Waals surface area contributed by atoms with Gasteiger partial charge in [0, 0.05) is 0 Å². The van der Waals surface area contributed by atoms with Gasteiger partial charge < -0.3 is 4.74 Å². The zero-order valence-electron chi connectivity index (χ0n) is 11.6. The van der Waals surface area contributed by atoms with Crippen LogP contribution in [0.3, 0.4) is 0 Å². The molecule has 1 aliphatic carbocycles. The standard InChI is InChI=1S/C18H17NO/c1-13-6-7-16(12-19)18(10-13)20-17-9-8-14-4-2-3-5-15(14)11-17/h6-11H,2-5H2,1H3. The van der Waals surface area contributed by atoms with E-state index in [-0.39, 0.29) is 0 Å². The Morgan fingerprint density at radius 3 is 2.60 bits per heavy atom. The number of rotatable bonds is 2. The van der Waals surface area contributed by atoms with Crippen molar-refractivity contribution in [1.82, 2.24) is 0 Å². The van der Waals surface area contributed by atoms with Gasteiger partial charge in [0.1, 0.15) is 17.6 Å². The number of nitrogens with zero attached hydrogens (tertiary/aromatic N) is 1. The lowest BCUT2D eigenvalue weighted by atomic mass is 9.92. The fourth-order valence-corrected chi connectivity index (χ4v) is 2.71. The SMILES string of the molecule is Cc1ccc(C#N)c(Oc2ccc3c(c2)CCCC3)c1. The second-order valence-corrected chi connectivity index (χ2v) is 5.35. The number of fused-ring (bicyclic) bond motifs is 1. The Labute approximate surface area is 119 Å². The molecule has 100 valence electrons.